The lowest BCUT2D eigenvalue weighted by atomic mass is 10.1. The van der Waals surface area contributed by atoms with Gasteiger partial charge < -0.3 is 14.6 Å². The van der Waals surface area contributed by atoms with Gasteiger partial charge in [0.15, 0.2) is 5.58 Å². The summed E-state index contributed by atoms with van der Waals surface area (Å²) in [7, 11) is 3.89. The van der Waals surface area contributed by atoms with Crippen LogP contribution in [0.3, 0.4) is 0 Å². The minimum atomic E-state index is 0.923. The first-order valence-electron chi connectivity index (χ1n) is 6.28. The zero-order chi connectivity index (χ0) is 13.2. The smallest absolute Gasteiger partial charge is 0.159 e. The lowest BCUT2D eigenvalue weighted by Gasteiger charge is -2.14. The van der Waals surface area contributed by atoms with Gasteiger partial charge in [0, 0.05) is 37.3 Å². The van der Waals surface area contributed by atoms with Crippen LogP contribution < -0.4 is 10.2 Å². The maximum atomic E-state index is 5.99. The molecule has 1 heterocycles. The maximum absolute atomic E-state index is 5.99. The van der Waals surface area contributed by atoms with Gasteiger partial charge in [0.2, 0.25) is 0 Å². The van der Waals surface area contributed by atoms with E-state index >= 15 is 0 Å². The number of para-hydroxylation sites is 2. The molecule has 0 aliphatic heterocycles. The van der Waals surface area contributed by atoms with E-state index in [9.17, 15) is 0 Å². The van der Waals surface area contributed by atoms with Gasteiger partial charge in [0.1, 0.15) is 5.58 Å². The Hall–Kier alpha value is -2.42. The second-order valence-electron chi connectivity index (χ2n) is 4.47. The van der Waals surface area contributed by atoms with Crippen LogP contribution in [-0.2, 0) is 0 Å². The quantitative estimate of drug-likeness (QED) is 0.770. The number of furan rings is 1. The molecule has 0 saturated heterocycles. The van der Waals surface area contributed by atoms with Crippen LogP contribution >= 0.6 is 0 Å². The predicted molar refractivity (Wildman–Crippen MR) is 80.3 cm³/mol. The molecule has 1 N–H and O–H groups in total. The van der Waals surface area contributed by atoms with E-state index in [4.69, 9.17) is 4.42 Å². The van der Waals surface area contributed by atoms with Crippen molar-refractivity contribution in [2.24, 2.45) is 0 Å². The average molecular weight is 252 g/mol. The number of hydrogen-bond donors (Lipinski definition) is 1. The fourth-order valence-electron chi connectivity index (χ4n) is 2.28. The molecule has 3 aromatic rings. The number of nitrogens with one attached hydrogen (secondary N) is 1. The zero-order valence-electron chi connectivity index (χ0n) is 11.1. The van der Waals surface area contributed by atoms with E-state index in [-0.39, 0.29) is 0 Å². The zero-order valence-corrected chi connectivity index (χ0v) is 11.1. The van der Waals surface area contributed by atoms with Crippen molar-refractivity contribution < 1.29 is 4.42 Å². The van der Waals surface area contributed by atoms with Crippen LogP contribution in [0.5, 0.6) is 0 Å². The number of nitrogens with zero attached hydrogens (tertiary/aromatic N) is 1. The highest BCUT2D eigenvalue weighted by Gasteiger charge is 2.11. The van der Waals surface area contributed by atoms with Crippen molar-refractivity contribution in [3.8, 4) is 0 Å². The van der Waals surface area contributed by atoms with Crippen molar-refractivity contribution >= 4 is 27.6 Å². The Morgan fingerprint density at radius 3 is 2.68 bits per heavy atom. The van der Waals surface area contributed by atoms with Crippen molar-refractivity contribution in [1.29, 1.82) is 0 Å². The molecule has 19 heavy (non-hydrogen) atoms. The lowest BCUT2D eigenvalue weighted by Crippen LogP contribution is -2.09. The van der Waals surface area contributed by atoms with Gasteiger partial charge in [-0.2, -0.15) is 0 Å². The van der Waals surface area contributed by atoms with E-state index in [0.29, 0.717) is 0 Å². The van der Waals surface area contributed by atoms with Gasteiger partial charge in [-0.3, -0.25) is 0 Å². The van der Waals surface area contributed by atoms with Crippen LogP contribution in [0.4, 0.5) is 5.69 Å². The third-order valence-corrected chi connectivity index (χ3v) is 3.23. The highest BCUT2D eigenvalue weighted by Crippen LogP contribution is 2.34. The van der Waals surface area contributed by atoms with Crippen molar-refractivity contribution in [1.82, 2.24) is 5.32 Å². The van der Waals surface area contributed by atoms with Gasteiger partial charge in [-0.1, -0.05) is 30.3 Å². The lowest BCUT2D eigenvalue weighted by molar-refractivity contribution is 0.668. The van der Waals surface area contributed by atoms with Gasteiger partial charge in [-0.05, 0) is 12.1 Å². The predicted octanol–water partition coefficient (Wildman–Crippen LogP) is 3.71. The Morgan fingerprint density at radius 1 is 1.05 bits per heavy atom. The summed E-state index contributed by atoms with van der Waals surface area (Å²) in [6.07, 6.45) is 3.86. The van der Waals surface area contributed by atoms with Crippen molar-refractivity contribution in [2.75, 3.05) is 19.0 Å². The third-order valence-electron chi connectivity index (χ3n) is 3.23. The topological polar surface area (TPSA) is 28.4 Å². The number of anilines is 1. The molecule has 2 aromatic carbocycles. The molecule has 3 nitrogen and oxygen atoms in total. The first-order valence-corrected chi connectivity index (χ1v) is 6.28. The Balaban J connectivity index is 2.23. The summed E-state index contributed by atoms with van der Waals surface area (Å²) < 4.78 is 5.99. The summed E-state index contributed by atoms with van der Waals surface area (Å²) in [5, 5.41) is 5.30. The molecular weight excluding hydrogens is 236 g/mol. The summed E-state index contributed by atoms with van der Waals surface area (Å²) in [6.45, 7) is 0. The molecule has 0 amide bonds. The molecule has 3 heteroatoms. The van der Waals surface area contributed by atoms with Gasteiger partial charge in [0.25, 0.3) is 0 Å². The Labute approximate surface area is 112 Å². The van der Waals surface area contributed by atoms with Crippen LogP contribution in [0.1, 0.15) is 0 Å². The van der Waals surface area contributed by atoms with E-state index < -0.39 is 0 Å². The molecule has 0 bridgehead atoms. The van der Waals surface area contributed by atoms with Crippen LogP contribution in [-0.4, -0.2) is 14.1 Å². The Kier molecular flexibility index (Phi) is 2.88. The van der Waals surface area contributed by atoms with Gasteiger partial charge in [-0.15, -0.1) is 0 Å². The summed E-state index contributed by atoms with van der Waals surface area (Å²) in [5.41, 5.74) is 2.91. The van der Waals surface area contributed by atoms with Gasteiger partial charge in [-0.25, -0.2) is 0 Å². The SMILES string of the molecule is CN/C=C\N(C)c1cccc2c1oc1ccccc12. The molecule has 1 aromatic heterocycles. The minimum Gasteiger partial charge on any atom is -0.454 e. The van der Waals surface area contributed by atoms with E-state index in [1.54, 1.807) is 0 Å². The molecular formula is C16H16N2O. The summed E-state index contributed by atoms with van der Waals surface area (Å²) in [4.78, 5) is 2.04. The molecule has 0 aliphatic rings. The minimum absolute atomic E-state index is 0.923. The third kappa shape index (κ3) is 1.93. The van der Waals surface area contributed by atoms with E-state index in [0.717, 1.165) is 27.6 Å². The Morgan fingerprint density at radius 2 is 1.84 bits per heavy atom. The Bertz CT molecular complexity index is 743. The maximum Gasteiger partial charge on any atom is 0.159 e. The van der Waals surface area contributed by atoms with Crippen molar-refractivity contribution in [2.45, 2.75) is 0 Å². The number of fused-ring (bicyclic) bond motifs is 3. The monoisotopic (exact) mass is 252 g/mol. The second-order valence-corrected chi connectivity index (χ2v) is 4.47. The highest BCUT2D eigenvalue weighted by molar-refractivity contribution is 6.08. The standard InChI is InChI=1S/C16H16N2O/c1-17-10-11-18(2)14-8-5-7-13-12-6-3-4-9-15(12)19-16(13)14/h3-11,17H,1-2H3/b11-10-. The molecule has 96 valence electrons. The molecule has 0 atom stereocenters. The summed E-state index contributed by atoms with van der Waals surface area (Å²) in [6, 6.07) is 14.3. The van der Waals surface area contributed by atoms with Crippen LogP contribution in [0.2, 0.25) is 0 Å². The molecule has 0 spiro atoms. The van der Waals surface area contributed by atoms with E-state index in [2.05, 4.69) is 29.6 Å². The molecule has 0 aliphatic carbocycles. The number of hydrogen-bond acceptors (Lipinski definition) is 3. The number of benzene rings is 2. The second kappa shape index (κ2) is 4.69. The molecule has 0 radical (unpaired) electrons. The molecule has 0 saturated carbocycles. The van der Waals surface area contributed by atoms with Gasteiger partial charge >= 0.3 is 0 Å². The van der Waals surface area contributed by atoms with Gasteiger partial charge in [0.05, 0.1) is 5.69 Å². The number of rotatable bonds is 3. The highest BCUT2D eigenvalue weighted by atomic mass is 16.3. The fourth-order valence-corrected chi connectivity index (χ4v) is 2.28. The van der Waals surface area contributed by atoms with E-state index in [1.165, 1.54) is 0 Å². The molecule has 0 fully saturated rings. The van der Waals surface area contributed by atoms with Crippen LogP contribution in [0.15, 0.2) is 59.3 Å². The van der Waals surface area contributed by atoms with Crippen LogP contribution in [0.25, 0.3) is 21.9 Å². The molecule has 3 rings (SSSR count). The van der Waals surface area contributed by atoms with E-state index in [1.807, 2.05) is 49.6 Å². The van der Waals surface area contributed by atoms with Crippen molar-refractivity contribution in [3.05, 3.63) is 54.9 Å². The first kappa shape index (κ1) is 11.7. The summed E-state index contributed by atoms with van der Waals surface area (Å²) in [5.74, 6) is 0. The summed E-state index contributed by atoms with van der Waals surface area (Å²) >= 11 is 0. The largest absolute Gasteiger partial charge is 0.454 e. The van der Waals surface area contributed by atoms with Crippen molar-refractivity contribution in [3.63, 3.8) is 0 Å². The normalized spacial score (nSPS) is 11.5. The first-order chi connectivity index (χ1) is 9.31. The van der Waals surface area contributed by atoms with Crippen LogP contribution in [0, 0.1) is 0 Å². The fraction of sp³-hybridized carbons (Fsp3) is 0.125. The molecule has 0 unspecified atom stereocenters. The average Bonchev–Trinajstić information content (AvgIpc) is 2.83.